The third-order valence-corrected chi connectivity index (χ3v) is 5.76. The molecule has 1 aromatic heterocycles. The molecule has 0 bridgehead atoms. The van der Waals surface area contributed by atoms with Gasteiger partial charge in [-0.05, 0) is 69.2 Å². The van der Waals surface area contributed by atoms with Crippen molar-refractivity contribution in [3.05, 3.63) is 64.3 Å². The highest BCUT2D eigenvalue weighted by Crippen LogP contribution is 2.31. The first-order valence-electron chi connectivity index (χ1n) is 10.3. The zero-order valence-electron chi connectivity index (χ0n) is 17.9. The van der Waals surface area contributed by atoms with Gasteiger partial charge in [0.05, 0.1) is 24.9 Å². The molecule has 0 saturated carbocycles. The third kappa shape index (κ3) is 4.31. The van der Waals surface area contributed by atoms with Gasteiger partial charge < -0.3 is 14.3 Å². The fraction of sp³-hybridized carbons (Fsp3) is 0.333. The molecule has 162 valence electrons. The SMILES string of the molecule is COc1ccc2c(c1)c(/C(C)=N\OC1CCCCO1)c(C)n2C(=O)c1ccc(Cl)cc1. The number of ether oxygens (including phenoxy) is 2. The molecule has 1 aliphatic rings. The number of nitrogens with zero attached hydrogens (tertiary/aromatic N) is 2. The van der Waals surface area contributed by atoms with Gasteiger partial charge in [-0.15, -0.1) is 0 Å². The van der Waals surface area contributed by atoms with Gasteiger partial charge in [0, 0.05) is 33.7 Å². The molecule has 2 heterocycles. The van der Waals surface area contributed by atoms with Crippen molar-refractivity contribution in [1.29, 1.82) is 0 Å². The maximum absolute atomic E-state index is 13.4. The second-order valence-electron chi connectivity index (χ2n) is 7.57. The molecular formula is C24H25ClN2O4. The minimum atomic E-state index is -0.331. The summed E-state index contributed by atoms with van der Waals surface area (Å²) in [5.41, 5.74) is 3.61. The highest BCUT2D eigenvalue weighted by Gasteiger charge is 2.23. The van der Waals surface area contributed by atoms with Crippen LogP contribution in [0.15, 0.2) is 47.6 Å². The Kier molecular flexibility index (Phi) is 6.30. The van der Waals surface area contributed by atoms with Crippen molar-refractivity contribution in [1.82, 2.24) is 4.57 Å². The van der Waals surface area contributed by atoms with E-state index < -0.39 is 0 Å². The number of aromatic nitrogens is 1. The Balaban J connectivity index is 1.79. The quantitative estimate of drug-likeness (QED) is 0.384. The molecule has 1 aliphatic heterocycles. The average Bonchev–Trinajstić information content (AvgIpc) is 3.09. The van der Waals surface area contributed by atoms with Gasteiger partial charge in [0.15, 0.2) is 0 Å². The van der Waals surface area contributed by atoms with Gasteiger partial charge >= 0.3 is 0 Å². The van der Waals surface area contributed by atoms with E-state index in [9.17, 15) is 4.79 Å². The summed E-state index contributed by atoms with van der Waals surface area (Å²) in [6.45, 7) is 4.47. The highest BCUT2D eigenvalue weighted by atomic mass is 35.5. The molecule has 0 radical (unpaired) electrons. The molecule has 3 aromatic rings. The predicted octanol–water partition coefficient (Wildman–Crippen LogP) is 5.57. The summed E-state index contributed by atoms with van der Waals surface area (Å²) >= 11 is 5.99. The molecule has 0 N–H and O–H groups in total. The third-order valence-electron chi connectivity index (χ3n) is 5.51. The molecule has 2 aromatic carbocycles. The maximum Gasteiger partial charge on any atom is 0.262 e. The van der Waals surface area contributed by atoms with Crippen molar-refractivity contribution in [2.24, 2.45) is 5.16 Å². The number of hydrogen-bond acceptors (Lipinski definition) is 5. The van der Waals surface area contributed by atoms with Crippen LogP contribution in [0.25, 0.3) is 10.9 Å². The molecule has 0 spiro atoms. The second-order valence-corrected chi connectivity index (χ2v) is 8.01. The van der Waals surface area contributed by atoms with E-state index in [1.807, 2.05) is 32.0 Å². The van der Waals surface area contributed by atoms with Crippen molar-refractivity contribution in [2.75, 3.05) is 13.7 Å². The number of fused-ring (bicyclic) bond motifs is 1. The summed E-state index contributed by atoms with van der Waals surface area (Å²) in [5.74, 6) is 0.564. The number of carbonyl (C=O) groups excluding carboxylic acids is 1. The number of hydrogen-bond donors (Lipinski definition) is 0. The van der Waals surface area contributed by atoms with Gasteiger partial charge in [-0.2, -0.15) is 0 Å². The summed E-state index contributed by atoms with van der Waals surface area (Å²) in [6, 6.07) is 12.5. The summed E-state index contributed by atoms with van der Waals surface area (Å²) < 4.78 is 12.7. The van der Waals surface area contributed by atoms with Crippen molar-refractivity contribution < 1.29 is 19.1 Å². The molecule has 6 nitrogen and oxygen atoms in total. The highest BCUT2D eigenvalue weighted by molar-refractivity contribution is 6.30. The van der Waals surface area contributed by atoms with Crippen LogP contribution in [0, 0.1) is 6.92 Å². The first kappa shape index (κ1) is 21.4. The van der Waals surface area contributed by atoms with E-state index in [4.69, 9.17) is 25.9 Å². The molecule has 0 aliphatic carbocycles. The smallest absolute Gasteiger partial charge is 0.262 e. The molecule has 4 rings (SSSR count). The number of benzene rings is 2. The van der Waals surface area contributed by atoms with Crippen molar-refractivity contribution in [3.63, 3.8) is 0 Å². The lowest BCUT2D eigenvalue weighted by molar-refractivity contribution is -0.162. The predicted molar refractivity (Wildman–Crippen MR) is 121 cm³/mol. The number of rotatable bonds is 5. The van der Waals surface area contributed by atoms with Gasteiger partial charge in [-0.25, -0.2) is 0 Å². The van der Waals surface area contributed by atoms with E-state index in [0.29, 0.717) is 28.7 Å². The van der Waals surface area contributed by atoms with Crippen LogP contribution in [0.2, 0.25) is 5.02 Å². The van der Waals surface area contributed by atoms with Crippen LogP contribution in [0.4, 0.5) is 0 Å². The standard InChI is InChI=1S/C24H25ClN2O4/c1-15(26-31-22-6-4-5-13-30-22)23-16(2)27(21-12-11-19(29-3)14-20(21)23)24(28)17-7-9-18(25)10-8-17/h7-12,14,22H,4-6,13H2,1-3H3/b26-15-. The van der Waals surface area contributed by atoms with Crippen molar-refractivity contribution >= 4 is 34.1 Å². The Bertz CT molecular complexity index is 1130. The normalized spacial score (nSPS) is 17.0. The molecule has 1 unspecified atom stereocenters. The van der Waals surface area contributed by atoms with Crippen LogP contribution >= 0.6 is 11.6 Å². The minimum absolute atomic E-state index is 0.139. The molecule has 0 amide bonds. The average molecular weight is 441 g/mol. The summed E-state index contributed by atoms with van der Waals surface area (Å²) in [6.07, 6.45) is 2.59. The van der Waals surface area contributed by atoms with Gasteiger partial charge in [-0.1, -0.05) is 16.8 Å². The summed E-state index contributed by atoms with van der Waals surface area (Å²) in [5, 5.41) is 5.80. The van der Waals surface area contributed by atoms with E-state index in [1.165, 1.54) is 0 Å². The number of oxime groups is 1. The van der Waals surface area contributed by atoms with Crippen LogP contribution < -0.4 is 4.74 Å². The fourth-order valence-electron chi connectivity index (χ4n) is 3.94. The van der Waals surface area contributed by atoms with Gasteiger partial charge in [0.2, 0.25) is 6.29 Å². The van der Waals surface area contributed by atoms with Crippen LogP contribution in [-0.4, -0.2) is 36.2 Å². The van der Waals surface area contributed by atoms with Crippen LogP contribution in [0.3, 0.4) is 0 Å². The van der Waals surface area contributed by atoms with Crippen molar-refractivity contribution in [2.45, 2.75) is 39.4 Å². The molecule has 1 saturated heterocycles. The number of carbonyl (C=O) groups is 1. The van der Waals surface area contributed by atoms with E-state index >= 15 is 0 Å². The fourth-order valence-corrected chi connectivity index (χ4v) is 4.07. The Morgan fingerprint density at radius 2 is 1.97 bits per heavy atom. The monoisotopic (exact) mass is 440 g/mol. The van der Waals surface area contributed by atoms with Crippen LogP contribution in [-0.2, 0) is 9.57 Å². The lowest BCUT2D eigenvalue weighted by atomic mass is 10.1. The Labute approximate surface area is 186 Å². The summed E-state index contributed by atoms with van der Waals surface area (Å²) in [4.78, 5) is 19.0. The topological polar surface area (TPSA) is 62.0 Å². The number of methoxy groups -OCH3 is 1. The number of halogens is 1. The van der Waals surface area contributed by atoms with E-state index in [0.717, 1.165) is 41.4 Å². The van der Waals surface area contributed by atoms with Gasteiger partial charge in [0.1, 0.15) is 5.75 Å². The van der Waals surface area contributed by atoms with E-state index in [1.54, 1.807) is 35.9 Å². The molecule has 1 fully saturated rings. The Morgan fingerprint density at radius 3 is 2.65 bits per heavy atom. The zero-order valence-corrected chi connectivity index (χ0v) is 18.6. The minimum Gasteiger partial charge on any atom is -0.497 e. The maximum atomic E-state index is 13.4. The van der Waals surface area contributed by atoms with Gasteiger partial charge in [-0.3, -0.25) is 9.36 Å². The molecular weight excluding hydrogens is 416 g/mol. The Morgan fingerprint density at radius 1 is 1.19 bits per heavy atom. The lowest BCUT2D eigenvalue weighted by Gasteiger charge is -2.20. The van der Waals surface area contributed by atoms with Gasteiger partial charge in [0.25, 0.3) is 5.91 Å². The van der Waals surface area contributed by atoms with E-state index in [2.05, 4.69) is 5.16 Å². The van der Waals surface area contributed by atoms with E-state index in [-0.39, 0.29) is 12.2 Å². The first-order valence-corrected chi connectivity index (χ1v) is 10.7. The largest absolute Gasteiger partial charge is 0.497 e. The van der Waals surface area contributed by atoms with Crippen LogP contribution in [0.5, 0.6) is 5.75 Å². The van der Waals surface area contributed by atoms with Crippen LogP contribution in [0.1, 0.15) is 47.8 Å². The molecule has 1 atom stereocenters. The summed E-state index contributed by atoms with van der Waals surface area (Å²) in [7, 11) is 1.62. The molecule has 31 heavy (non-hydrogen) atoms. The van der Waals surface area contributed by atoms with Crippen molar-refractivity contribution in [3.8, 4) is 5.75 Å². The molecule has 7 heteroatoms. The zero-order chi connectivity index (χ0) is 22.0. The second kappa shape index (κ2) is 9.12. The first-order chi connectivity index (χ1) is 15.0. The lowest BCUT2D eigenvalue weighted by Crippen LogP contribution is -2.20. The Hall–Kier alpha value is -2.83.